The van der Waals surface area contributed by atoms with Crippen molar-refractivity contribution < 1.29 is 8.42 Å². The Labute approximate surface area is 127 Å². The highest BCUT2D eigenvalue weighted by molar-refractivity contribution is 7.89. The summed E-state index contributed by atoms with van der Waals surface area (Å²) < 4.78 is 26.7. The van der Waals surface area contributed by atoms with Crippen molar-refractivity contribution in [3.63, 3.8) is 0 Å². The van der Waals surface area contributed by atoms with Crippen molar-refractivity contribution in [3.05, 3.63) is 58.3 Å². The van der Waals surface area contributed by atoms with Crippen LogP contribution in [0, 0.1) is 0 Å². The minimum absolute atomic E-state index is 0.0567. The molecule has 0 unspecified atom stereocenters. The van der Waals surface area contributed by atoms with Crippen molar-refractivity contribution in [3.8, 4) is 0 Å². The number of aromatic nitrogens is 1. The van der Waals surface area contributed by atoms with Gasteiger partial charge >= 0.3 is 0 Å². The summed E-state index contributed by atoms with van der Waals surface area (Å²) in [6.45, 7) is 0.276. The number of nitrogens with one attached hydrogen (secondary N) is 1. The van der Waals surface area contributed by atoms with Gasteiger partial charge in [0.1, 0.15) is 0 Å². The van der Waals surface area contributed by atoms with E-state index in [9.17, 15) is 8.42 Å². The molecule has 2 aromatic rings. The van der Waals surface area contributed by atoms with Crippen LogP contribution in [-0.2, 0) is 16.4 Å². The zero-order valence-corrected chi connectivity index (χ0v) is 12.7. The third-order valence-corrected chi connectivity index (χ3v) is 4.45. The average molecular weight is 331 g/mol. The monoisotopic (exact) mass is 330 g/mol. The highest BCUT2D eigenvalue weighted by Gasteiger charge is 2.14. The number of benzene rings is 1. The Bertz CT molecular complexity index is 671. The summed E-state index contributed by atoms with van der Waals surface area (Å²) in [4.78, 5) is 4.03. The van der Waals surface area contributed by atoms with Crippen LogP contribution in [0.1, 0.15) is 5.56 Å². The maximum Gasteiger partial charge on any atom is 0.240 e. The highest BCUT2D eigenvalue weighted by atomic mass is 35.5. The molecule has 20 heavy (non-hydrogen) atoms. The second-order valence-electron chi connectivity index (χ2n) is 4.11. The molecule has 0 spiro atoms. The fraction of sp³-hybridized carbons (Fsp3) is 0.154. The van der Waals surface area contributed by atoms with Gasteiger partial charge in [-0.15, -0.1) is 0 Å². The van der Waals surface area contributed by atoms with E-state index in [1.807, 2.05) is 6.07 Å². The maximum absolute atomic E-state index is 12.1. The number of hydrogen-bond acceptors (Lipinski definition) is 3. The summed E-state index contributed by atoms with van der Waals surface area (Å²) in [5, 5.41) is 0.565. The summed E-state index contributed by atoms with van der Waals surface area (Å²) >= 11 is 11.6. The third kappa shape index (κ3) is 4.18. The summed E-state index contributed by atoms with van der Waals surface area (Å²) in [6.07, 6.45) is 3.92. The molecule has 0 aliphatic heterocycles. The van der Waals surface area contributed by atoms with E-state index in [0.717, 1.165) is 5.56 Å². The number of pyridine rings is 1. The van der Waals surface area contributed by atoms with E-state index in [1.165, 1.54) is 18.2 Å². The molecule has 0 atom stereocenters. The molecule has 1 N–H and O–H groups in total. The first-order chi connectivity index (χ1) is 9.47. The summed E-state index contributed by atoms with van der Waals surface area (Å²) in [5.41, 5.74) is 0.958. The Balaban J connectivity index is 2.04. The molecule has 1 aromatic heterocycles. The second-order valence-corrected chi connectivity index (χ2v) is 6.75. The molecule has 0 saturated heterocycles. The number of nitrogens with zero attached hydrogens (tertiary/aromatic N) is 1. The van der Waals surface area contributed by atoms with E-state index in [4.69, 9.17) is 23.2 Å². The zero-order chi connectivity index (χ0) is 14.6. The SMILES string of the molecule is O=S(=O)(NCCc1cccnc1)c1cc(Cl)cc(Cl)c1. The van der Waals surface area contributed by atoms with Crippen LogP contribution < -0.4 is 4.72 Å². The predicted molar refractivity (Wildman–Crippen MR) is 79.6 cm³/mol. The molecule has 0 saturated carbocycles. The van der Waals surface area contributed by atoms with Gasteiger partial charge in [-0.25, -0.2) is 13.1 Å². The molecule has 0 amide bonds. The van der Waals surface area contributed by atoms with E-state index in [0.29, 0.717) is 6.42 Å². The first-order valence-corrected chi connectivity index (χ1v) is 8.06. The number of hydrogen-bond donors (Lipinski definition) is 1. The van der Waals surface area contributed by atoms with Crippen LogP contribution in [0.2, 0.25) is 10.0 Å². The van der Waals surface area contributed by atoms with Crippen molar-refractivity contribution in [2.75, 3.05) is 6.54 Å². The minimum Gasteiger partial charge on any atom is -0.264 e. The summed E-state index contributed by atoms with van der Waals surface area (Å²) in [6, 6.07) is 7.90. The highest BCUT2D eigenvalue weighted by Crippen LogP contribution is 2.22. The van der Waals surface area contributed by atoms with Gasteiger partial charge in [0, 0.05) is 29.0 Å². The molecule has 2 rings (SSSR count). The van der Waals surface area contributed by atoms with Crippen LogP contribution in [0.3, 0.4) is 0 Å². The standard InChI is InChI=1S/C13H12Cl2N2O2S/c14-11-6-12(15)8-13(7-11)20(18,19)17-5-3-10-2-1-4-16-9-10/h1-2,4,6-9,17H,3,5H2. The van der Waals surface area contributed by atoms with Crippen LogP contribution >= 0.6 is 23.2 Å². The van der Waals surface area contributed by atoms with Gasteiger partial charge in [-0.3, -0.25) is 4.98 Å². The average Bonchev–Trinajstić information content (AvgIpc) is 2.38. The van der Waals surface area contributed by atoms with Gasteiger partial charge in [-0.05, 0) is 36.2 Å². The fourth-order valence-electron chi connectivity index (χ4n) is 1.64. The molecule has 1 heterocycles. The van der Waals surface area contributed by atoms with Gasteiger partial charge < -0.3 is 0 Å². The molecule has 0 aliphatic rings. The van der Waals surface area contributed by atoms with Gasteiger partial charge in [0.2, 0.25) is 10.0 Å². The lowest BCUT2D eigenvalue weighted by Gasteiger charge is -2.07. The van der Waals surface area contributed by atoms with Gasteiger partial charge in [-0.1, -0.05) is 29.3 Å². The van der Waals surface area contributed by atoms with Crippen LogP contribution in [0.5, 0.6) is 0 Å². The Kier molecular flexibility index (Phi) is 4.99. The summed E-state index contributed by atoms with van der Waals surface area (Å²) in [7, 11) is -3.61. The van der Waals surface area contributed by atoms with Crippen molar-refractivity contribution in [1.29, 1.82) is 0 Å². The van der Waals surface area contributed by atoms with Gasteiger partial charge in [0.15, 0.2) is 0 Å². The topological polar surface area (TPSA) is 59.1 Å². The predicted octanol–water partition coefficient (Wildman–Crippen LogP) is 2.91. The van der Waals surface area contributed by atoms with Crippen molar-refractivity contribution in [1.82, 2.24) is 9.71 Å². The largest absolute Gasteiger partial charge is 0.264 e. The number of rotatable bonds is 5. The summed E-state index contributed by atoms with van der Waals surface area (Å²) in [5.74, 6) is 0. The molecule has 0 radical (unpaired) electrons. The van der Waals surface area contributed by atoms with Crippen molar-refractivity contribution >= 4 is 33.2 Å². The van der Waals surface area contributed by atoms with E-state index in [-0.39, 0.29) is 21.5 Å². The quantitative estimate of drug-likeness (QED) is 0.916. The Morgan fingerprint density at radius 1 is 1.15 bits per heavy atom. The molecule has 0 bridgehead atoms. The van der Waals surface area contributed by atoms with Crippen LogP contribution in [0.15, 0.2) is 47.6 Å². The fourth-order valence-corrected chi connectivity index (χ4v) is 3.40. The molecular formula is C13H12Cl2N2O2S. The van der Waals surface area contributed by atoms with E-state index in [2.05, 4.69) is 9.71 Å². The van der Waals surface area contributed by atoms with Gasteiger partial charge in [0.25, 0.3) is 0 Å². The molecular weight excluding hydrogens is 319 g/mol. The lowest BCUT2D eigenvalue weighted by molar-refractivity contribution is 0.581. The molecule has 1 aromatic carbocycles. The Morgan fingerprint density at radius 3 is 2.45 bits per heavy atom. The number of halogens is 2. The first kappa shape index (κ1) is 15.3. The Hall–Kier alpha value is -1.14. The van der Waals surface area contributed by atoms with Crippen LogP contribution in [0.25, 0.3) is 0 Å². The van der Waals surface area contributed by atoms with E-state index < -0.39 is 10.0 Å². The molecule has 0 fully saturated rings. The first-order valence-electron chi connectivity index (χ1n) is 5.82. The van der Waals surface area contributed by atoms with Crippen molar-refractivity contribution in [2.45, 2.75) is 11.3 Å². The second kappa shape index (κ2) is 6.54. The van der Waals surface area contributed by atoms with E-state index in [1.54, 1.807) is 18.5 Å². The van der Waals surface area contributed by atoms with E-state index >= 15 is 0 Å². The maximum atomic E-state index is 12.1. The molecule has 7 heteroatoms. The molecule has 4 nitrogen and oxygen atoms in total. The zero-order valence-electron chi connectivity index (χ0n) is 10.4. The van der Waals surface area contributed by atoms with Gasteiger partial charge in [-0.2, -0.15) is 0 Å². The molecule has 0 aliphatic carbocycles. The van der Waals surface area contributed by atoms with Crippen LogP contribution in [0.4, 0.5) is 0 Å². The lowest BCUT2D eigenvalue weighted by atomic mass is 10.2. The van der Waals surface area contributed by atoms with Crippen LogP contribution in [-0.4, -0.2) is 19.9 Å². The van der Waals surface area contributed by atoms with Crippen molar-refractivity contribution in [2.24, 2.45) is 0 Å². The number of sulfonamides is 1. The molecule has 106 valence electrons. The lowest BCUT2D eigenvalue weighted by Crippen LogP contribution is -2.26. The Morgan fingerprint density at radius 2 is 1.85 bits per heavy atom. The van der Waals surface area contributed by atoms with Gasteiger partial charge in [0.05, 0.1) is 4.90 Å². The third-order valence-electron chi connectivity index (χ3n) is 2.57. The smallest absolute Gasteiger partial charge is 0.240 e. The minimum atomic E-state index is -3.61. The normalized spacial score (nSPS) is 11.5.